The van der Waals surface area contributed by atoms with Gasteiger partial charge >= 0.3 is 5.97 Å². The molecular weight excluding hydrogens is 304 g/mol. The Hall–Kier alpha value is -1.39. The van der Waals surface area contributed by atoms with Crippen molar-refractivity contribution in [3.05, 3.63) is 34.9 Å². The van der Waals surface area contributed by atoms with Crippen molar-refractivity contribution in [3.63, 3.8) is 0 Å². The number of hydrogen-bond donors (Lipinski definition) is 1. The van der Waals surface area contributed by atoms with E-state index in [0.29, 0.717) is 37.3 Å². The van der Waals surface area contributed by atoms with Gasteiger partial charge in [0.25, 0.3) is 0 Å². The Morgan fingerprint density at radius 3 is 2.36 bits per heavy atom. The third-order valence-corrected chi connectivity index (χ3v) is 5.40. The first-order valence-corrected chi connectivity index (χ1v) is 7.99. The van der Waals surface area contributed by atoms with Crippen molar-refractivity contribution < 1.29 is 19.4 Å². The molecule has 0 aromatic heterocycles. The molecule has 22 heavy (non-hydrogen) atoms. The molecule has 0 radical (unpaired) electrons. The Labute approximate surface area is 134 Å². The molecule has 0 saturated heterocycles. The molecule has 118 valence electrons. The predicted octanol–water partition coefficient (Wildman–Crippen LogP) is 3.26. The number of carboxylic acids is 1. The van der Waals surface area contributed by atoms with E-state index in [1.165, 1.54) is 0 Å². The van der Waals surface area contributed by atoms with Crippen molar-refractivity contribution in [3.8, 4) is 0 Å². The van der Waals surface area contributed by atoms with Gasteiger partial charge in [0.05, 0.1) is 12.2 Å². The van der Waals surface area contributed by atoms with Gasteiger partial charge in [-0.05, 0) is 49.8 Å². The van der Waals surface area contributed by atoms with Crippen LogP contribution in [0, 0.1) is 5.41 Å². The Balaban J connectivity index is 1.59. The largest absolute Gasteiger partial charge is 0.480 e. The van der Waals surface area contributed by atoms with E-state index >= 15 is 0 Å². The maximum Gasteiger partial charge on any atom is 0.317 e. The van der Waals surface area contributed by atoms with Crippen molar-refractivity contribution in [1.29, 1.82) is 0 Å². The number of carbonyl (C=O) groups excluding carboxylic acids is 1. The fraction of sp³-hybridized carbons (Fsp3) is 0.529. The van der Waals surface area contributed by atoms with Crippen molar-refractivity contribution in [2.24, 2.45) is 5.41 Å². The molecule has 3 fully saturated rings. The number of ether oxygens (including phenoxy) is 1. The predicted molar refractivity (Wildman–Crippen MR) is 82.0 cm³/mol. The number of ketones is 1. The number of hydrogen-bond acceptors (Lipinski definition) is 3. The maximum absolute atomic E-state index is 12.2. The average Bonchev–Trinajstić information content (AvgIpc) is 2.50. The second-order valence-corrected chi connectivity index (χ2v) is 6.83. The maximum atomic E-state index is 12.2. The summed E-state index contributed by atoms with van der Waals surface area (Å²) >= 11 is 5.86. The first-order valence-electron chi connectivity index (χ1n) is 7.61. The molecule has 0 spiro atoms. The third-order valence-electron chi connectivity index (χ3n) is 5.15. The topological polar surface area (TPSA) is 63.6 Å². The van der Waals surface area contributed by atoms with Crippen LogP contribution in [0.25, 0.3) is 0 Å². The van der Waals surface area contributed by atoms with Gasteiger partial charge < -0.3 is 9.84 Å². The normalized spacial score (nSPS) is 30.5. The van der Waals surface area contributed by atoms with Gasteiger partial charge in [0.2, 0.25) is 0 Å². The molecule has 0 amide bonds. The van der Waals surface area contributed by atoms with Crippen LogP contribution in [0.5, 0.6) is 0 Å². The van der Waals surface area contributed by atoms with E-state index < -0.39 is 17.0 Å². The van der Waals surface area contributed by atoms with Crippen molar-refractivity contribution in [2.45, 2.75) is 44.1 Å². The lowest BCUT2D eigenvalue weighted by Gasteiger charge is -2.49. The van der Waals surface area contributed by atoms with E-state index in [9.17, 15) is 14.7 Å². The zero-order valence-electron chi connectivity index (χ0n) is 12.3. The van der Waals surface area contributed by atoms with E-state index in [-0.39, 0.29) is 12.2 Å². The summed E-state index contributed by atoms with van der Waals surface area (Å²) in [5, 5.41) is 10.0. The van der Waals surface area contributed by atoms with Crippen LogP contribution in [0.1, 0.15) is 37.7 Å². The fourth-order valence-corrected chi connectivity index (χ4v) is 3.74. The summed E-state index contributed by atoms with van der Waals surface area (Å²) < 4.78 is 6.04. The van der Waals surface area contributed by atoms with E-state index in [1.807, 2.05) is 24.3 Å². The van der Waals surface area contributed by atoms with Gasteiger partial charge in [-0.2, -0.15) is 0 Å². The molecule has 0 aliphatic heterocycles. The number of fused-ring (bicyclic) bond motifs is 3. The SMILES string of the molecule is O=C(O)C12CCC(OCCc3ccc(Cl)cc3)(CC1)CC2=O. The number of rotatable bonds is 5. The Bertz CT molecular complexity index is 585. The number of aliphatic carboxylic acids is 1. The van der Waals surface area contributed by atoms with E-state index in [4.69, 9.17) is 16.3 Å². The van der Waals surface area contributed by atoms with Gasteiger partial charge in [-0.15, -0.1) is 0 Å². The zero-order valence-corrected chi connectivity index (χ0v) is 13.1. The third kappa shape index (κ3) is 2.66. The quantitative estimate of drug-likeness (QED) is 0.845. The van der Waals surface area contributed by atoms with Crippen LogP contribution >= 0.6 is 11.6 Å². The van der Waals surface area contributed by atoms with Crippen molar-refractivity contribution in [2.75, 3.05) is 6.61 Å². The average molecular weight is 323 g/mol. The molecule has 3 saturated carbocycles. The molecule has 2 bridgehead atoms. The summed E-state index contributed by atoms with van der Waals surface area (Å²) in [5.74, 6) is -1.13. The first-order chi connectivity index (χ1) is 10.5. The summed E-state index contributed by atoms with van der Waals surface area (Å²) in [6.07, 6.45) is 3.12. The first kappa shape index (κ1) is 15.5. The van der Waals surface area contributed by atoms with Crippen LogP contribution in [0.4, 0.5) is 0 Å². The smallest absolute Gasteiger partial charge is 0.317 e. The summed E-state index contributed by atoms with van der Waals surface area (Å²) in [5.41, 5.74) is -0.444. The van der Waals surface area contributed by atoms with Gasteiger partial charge in [0.1, 0.15) is 5.41 Å². The summed E-state index contributed by atoms with van der Waals surface area (Å²) in [6, 6.07) is 7.62. The number of halogens is 1. The number of carboxylic acid groups (broad SMARTS) is 1. The van der Waals surface area contributed by atoms with Crippen LogP contribution in [-0.4, -0.2) is 29.1 Å². The molecule has 1 aromatic rings. The number of benzene rings is 1. The Kier molecular flexibility index (Phi) is 4.00. The van der Waals surface area contributed by atoms with Crippen molar-refractivity contribution >= 4 is 23.4 Å². The lowest BCUT2D eigenvalue weighted by atomic mass is 9.58. The molecule has 3 aliphatic carbocycles. The van der Waals surface area contributed by atoms with E-state index in [2.05, 4.69) is 0 Å². The lowest BCUT2D eigenvalue weighted by molar-refractivity contribution is -0.179. The van der Waals surface area contributed by atoms with Crippen LogP contribution in [-0.2, 0) is 20.7 Å². The van der Waals surface area contributed by atoms with Gasteiger partial charge in [-0.3, -0.25) is 9.59 Å². The molecule has 0 heterocycles. The standard InChI is InChI=1S/C17H19ClO4/c18-13-3-1-12(2-4-13)5-10-22-16-6-8-17(9-7-16,15(20)21)14(19)11-16/h1-4H,5-11H2,(H,20,21). The molecule has 4 rings (SSSR count). The van der Waals surface area contributed by atoms with Crippen LogP contribution in [0.3, 0.4) is 0 Å². The molecule has 1 aromatic carbocycles. The minimum absolute atomic E-state index is 0.163. The minimum Gasteiger partial charge on any atom is -0.480 e. The van der Waals surface area contributed by atoms with Gasteiger partial charge in [-0.1, -0.05) is 23.7 Å². The molecule has 3 aliphatic rings. The molecule has 0 atom stereocenters. The second kappa shape index (κ2) is 5.67. The van der Waals surface area contributed by atoms with Crippen LogP contribution in [0.15, 0.2) is 24.3 Å². The summed E-state index contributed by atoms with van der Waals surface area (Å²) in [4.78, 5) is 23.6. The highest BCUT2D eigenvalue weighted by Crippen LogP contribution is 2.51. The highest BCUT2D eigenvalue weighted by molar-refractivity contribution is 6.30. The van der Waals surface area contributed by atoms with Gasteiger partial charge in [-0.25, -0.2) is 0 Å². The molecular formula is C17H19ClO4. The molecule has 1 N–H and O–H groups in total. The van der Waals surface area contributed by atoms with Crippen LogP contribution < -0.4 is 0 Å². The fourth-order valence-electron chi connectivity index (χ4n) is 3.61. The summed E-state index contributed by atoms with van der Waals surface area (Å²) in [7, 11) is 0. The molecule has 4 nitrogen and oxygen atoms in total. The highest BCUT2D eigenvalue weighted by Gasteiger charge is 2.58. The highest BCUT2D eigenvalue weighted by atomic mass is 35.5. The Morgan fingerprint density at radius 1 is 1.18 bits per heavy atom. The van der Waals surface area contributed by atoms with Crippen molar-refractivity contribution in [1.82, 2.24) is 0 Å². The van der Waals surface area contributed by atoms with E-state index in [1.54, 1.807) is 0 Å². The van der Waals surface area contributed by atoms with E-state index in [0.717, 1.165) is 12.0 Å². The zero-order chi connectivity index (χ0) is 15.8. The molecule has 5 heteroatoms. The van der Waals surface area contributed by atoms with Gasteiger partial charge in [0.15, 0.2) is 5.78 Å². The second-order valence-electron chi connectivity index (χ2n) is 6.40. The number of carbonyl (C=O) groups is 2. The lowest BCUT2D eigenvalue weighted by Crippen LogP contribution is -2.56. The minimum atomic E-state index is -1.14. The molecule has 0 unspecified atom stereocenters. The van der Waals surface area contributed by atoms with Crippen LogP contribution in [0.2, 0.25) is 5.02 Å². The monoisotopic (exact) mass is 322 g/mol. The Morgan fingerprint density at radius 2 is 1.82 bits per heavy atom. The number of Topliss-reactive ketones (excluding diaryl/α,β-unsaturated/α-hetero) is 1. The summed E-state index contributed by atoms with van der Waals surface area (Å²) in [6.45, 7) is 0.537. The van der Waals surface area contributed by atoms with Gasteiger partial charge in [0, 0.05) is 11.4 Å².